The normalized spacial score (nSPS) is 12.1. The lowest BCUT2D eigenvalue weighted by Gasteiger charge is -2.05. The van der Waals surface area contributed by atoms with Gasteiger partial charge in [0.25, 0.3) is 10.0 Å². The molecule has 2 N–H and O–H groups in total. The third kappa shape index (κ3) is 2.62. The first-order valence-corrected chi connectivity index (χ1v) is 7.86. The first-order chi connectivity index (χ1) is 9.95. The van der Waals surface area contributed by atoms with Gasteiger partial charge in [-0.25, -0.2) is 9.97 Å². The van der Waals surface area contributed by atoms with Crippen LogP contribution in [0.15, 0.2) is 40.2 Å². The van der Waals surface area contributed by atoms with E-state index in [0.717, 1.165) is 0 Å². The first-order valence-electron chi connectivity index (χ1n) is 6.37. The molecule has 0 amide bonds. The molecule has 0 unspecified atom stereocenters. The van der Waals surface area contributed by atoms with Gasteiger partial charge in [-0.1, -0.05) is 13.8 Å². The standard InChI is InChI=1S/C13H14N4O3S/c1-8(2)13-16-10-5-9(3-4-11(10)20-13)17-21(18,19)12-6-14-7-15-12/h3-8,17H,1-2H3,(H,14,15). The van der Waals surface area contributed by atoms with Gasteiger partial charge in [0.1, 0.15) is 5.52 Å². The molecule has 0 aliphatic heterocycles. The number of rotatable bonds is 4. The zero-order valence-corrected chi connectivity index (χ0v) is 12.3. The van der Waals surface area contributed by atoms with Crippen LogP contribution in [0.1, 0.15) is 25.7 Å². The van der Waals surface area contributed by atoms with Gasteiger partial charge in [0.2, 0.25) is 0 Å². The number of hydrogen-bond acceptors (Lipinski definition) is 5. The Morgan fingerprint density at radius 1 is 1.33 bits per heavy atom. The van der Waals surface area contributed by atoms with Crippen LogP contribution in [0, 0.1) is 0 Å². The fourth-order valence-corrected chi connectivity index (χ4v) is 2.81. The van der Waals surface area contributed by atoms with E-state index in [0.29, 0.717) is 22.7 Å². The molecule has 0 fully saturated rings. The molecule has 2 heterocycles. The maximum Gasteiger partial charge on any atom is 0.278 e. The van der Waals surface area contributed by atoms with Gasteiger partial charge in [-0.05, 0) is 18.2 Å². The lowest BCUT2D eigenvalue weighted by Crippen LogP contribution is -2.13. The maximum atomic E-state index is 12.1. The molecular formula is C13H14N4O3S. The summed E-state index contributed by atoms with van der Waals surface area (Å²) < 4.78 is 32.2. The number of oxazole rings is 1. The molecule has 0 atom stereocenters. The van der Waals surface area contributed by atoms with E-state index in [1.54, 1.807) is 18.2 Å². The van der Waals surface area contributed by atoms with Crippen molar-refractivity contribution in [2.24, 2.45) is 0 Å². The van der Waals surface area contributed by atoms with Gasteiger partial charge in [-0.3, -0.25) is 4.72 Å². The lowest BCUT2D eigenvalue weighted by atomic mass is 10.2. The molecule has 0 spiro atoms. The lowest BCUT2D eigenvalue weighted by molar-refractivity contribution is 0.501. The van der Waals surface area contributed by atoms with Gasteiger partial charge in [-0.2, -0.15) is 8.42 Å². The van der Waals surface area contributed by atoms with Gasteiger partial charge in [0.15, 0.2) is 16.5 Å². The van der Waals surface area contributed by atoms with Gasteiger partial charge in [0, 0.05) is 5.92 Å². The molecule has 8 heteroatoms. The smallest absolute Gasteiger partial charge is 0.278 e. The summed E-state index contributed by atoms with van der Waals surface area (Å²) in [7, 11) is -3.67. The molecule has 0 radical (unpaired) electrons. The van der Waals surface area contributed by atoms with Crippen LogP contribution in [-0.4, -0.2) is 23.4 Å². The molecule has 0 saturated heterocycles. The quantitative estimate of drug-likeness (QED) is 0.771. The van der Waals surface area contributed by atoms with Gasteiger partial charge < -0.3 is 9.40 Å². The SMILES string of the molecule is CC(C)c1nc2cc(NS(=O)(=O)c3cnc[nH]3)ccc2o1. The van der Waals surface area contributed by atoms with Crippen LogP contribution in [0.5, 0.6) is 0 Å². The molecule has 21 heavy (non-hydrogen) atoms. The summed E-state index contributed by atoms with van der Waals surface area (Å²) in [5, 5.41) is 0.00520. The minimum atomic E-state index is -3.67. The second-order valence-corrected chi connectivity index (χ2v) is 6.56. The molecule has 7 nitrogen and oxygen atoms in total. The number of nitrogens with zero attached hydrogens (tertiary/aromatic N) is 2. The number of anilines is 1. The number of aromatic nitrogens is 3. The predicted octanol–water partition coefficient (Wildman–Crippen LogP) is 2.48. The van der Waals surface area contributed by atoms with Crippen molar-refractivity contribution in [2.75, 3.05) is 4.72 Å². The Hall–Kier alpha value is -2.35. The second-order valence-electron chi connectivity index (χ2n) is 4.91. The monoisotopic (exact) mass is 306 g/mol. The fraction of sp³-hybridized carbons (Fsp3) is 0.231. The number of aromatic amines is 1. The molecule has 3 rings (SSSR count). The number of fused-ring (bicyclic) bond motifs is 1. The van der Waals surface area contributed by atoms with E-state index >= 15 is 0 Å². The number of hydrogen-bond donors (Lipinski definition) is 2. The van der Waals surface area contributed by atoms with Crippen LogP contribution in [0.3, 0.4) is 0 Å². The predicted molar refractivity (Wildman–Crippen MR) is 77.5 cm³/mol. The summed E-state index contributed by atoms with van der Waals surface area (Å²) >= 11 is 0. The largest absolute Gasteiger partial charge is 0.440 e. The van der Waals surface area contributed by atoms with Crippen LogP contribution in [0.4, 0.5) is 5.69 Å². The highest BCUT2D eigenvalue weighted by molar-refractivity contribution is 7.92. The number of sulfonamides is 1. The highest BCUT2D eigenvalue weighted by Gasteiger charge is 2.16. The van der Waals surface area contributed by atoms with E-state index in [9.17, 15) is 8.42 Å². The zero-order chi connectivity index (χ0) is 15.0. The molecule has 110 valence electrons. The first kappa shape index (κ1) is 13.6. The number of imidazole rings is 1. The third-order valence-corrected chi connectivity index (χ3v) is 4.22. The molecule has 3 aromatic rings. The summed E-state index contributed by atoms with van der Waals surface area (Å²) in [5.41, 5.74) is 1.66. The average Bonchev–Trinajstić information content (AvgIpc) is 3.07. The second kappa shape index (κ2) is 4.88. The summed E-state index contributed by atoms with van der Waals surface area (Å²) in [4.78, 5) is 10.6. The van der Waals surface area contributed by atoms with Crippen LogP contribution in [-0.2, 0) is 10.0 Å². The third-order valence-electron chi connectivity index (χ3n) is 2.91. The van der Waals surface area contributed by atoms with Crippen molar-refractivity contribution in [1.29, 1.82) is 0 Å². The van der Waals surface area contributed by atoms with E-state index in [-0.39, 0.29) is 10.9 Å². The minimum absolute atomic E-state index is 0.00520. The van der Waals surface area contributed by atoms with Crippen LogP contribution >= 0.6 is 0 Å². The highest BCUT2D eigenvalue weighted by Crippen LogP contribution is 2.24. The van der Waals surface area contributed by atoms with Crippen LogP contribution in [0.2, 0.25) is 0 Å². The summed E-state index contributed by atoms with van der Waals surface area (Å²) in [6.07, 6.45) is 2.55. The molecule has 0 bridgehead atoms. The Labute approximate surface area is 121 Å². The van der Waals surface area contributed by atoms with Gasteiger partial charge >= 0.3 is 0 Å². The zero-order valence-electron chi connectivity index (χ0n) is 11.5. The van der Waals surface area contributed by atoms with Crippen molar-refractivity contribution in [3.8, 4) is 0 Å². The van der Waals surface area contributed by atoms with Gasteiger partial charge in [-0.15, -0.1) is 0 Å². The van der Waals surface area contributed by atoms with Crippen molar-refractivity contribution in [1.82, 2.24) is 15.0 Å². The van der Waals surface area contributed by atoms with E-state index in [1.807, 2.05) is 13.8 Å². The van der Waals surface area contributed by atoms with E-state index in [1.165, 1.54) is 12.5 Å². The Morgan fingerprint density at radius 3 is 2.81 bits per heavy atom. The molecule has 0 aliphatic carbocycles. The Balaban J connectivity index is 1.95. The van der Waals surface area contributed by atoms with Crippen molar-refractivity contribution < 1.29 is 12.8 Å². The molecular weight excluding hydrogens is 292 g/mol. The average molecular weight is 306 g/mol. The minimum Gasteiger partial charge on any atom is -0.440 e. The Kier molecular flexibility index (Phi) is 3.17. The Morgan fingerprint density at radius 2 is 2.14 bits per heavy atom. The van der Waals surface area contributed by atoms with Crippen LogP contribution in [0.25, 0.3) is 11.1 Å². The highest BCUT2D eigenvalue weighted by atomic mass is 32.2. The topological polar surface area (TPSA) is 101 Å². The molecule has 2 aromatic heterocycles. The number of H-pyrrole nitrogens is 1. The summed E-state index contributed by atoms with van der Waals surface area (Å²) in [5.74, 6) is 0.793. The Bertz CT molecular complexity index is 866. The maximum absolute atomic E-state index is 12.1. The summed E-state index contributed by atoms with van der Waals surface area (Å²) in [6.45, 7) is 3.96. The molecule has 0 aliphatic rings. The fourth-order valence-electron chi connectivity index (χ4n) is 1.86. The van der Waals surface area contributed by atoms with E-state index in [4.69, 9.17) is 4.42 Å². The van der Waals surface area contributed by atoms with Crippen molar-refractivity contribution >= 4 is 26.8 Å². The van der Waals surface area contributed by atoms with Gasteiger partial charge in [0.05, 0.1) is 18.2 Å². The van der Waals surface area contributed by atoms with Crippen molar-refractivity contribution in [2.45, 2.75) is 24.8 Å². The number of benzene rings is 1. The number of nitrogens with one attached hydrogen (secondary N) is 2. The van der Waals surface area contributed by atoms with E-state index < -0.39 is 10.0 Å². The van der Waals surface area contributed by atoms with E-state index in [2.05, 4.69) is 19.7 Å². The molecule has 0 saturated carbocycles. The molecule has 1 aromatic carbocycles. The summed E-state index contributed by atoms with van der Waals surface area (Å²) in [6, 6.07) is 4.96. The van der Waals surface area contributed by atoms with Crippen molar-refractivity contribution in [3.63, 3.8) is 0 Å². The van der Waals surface area contributed by atoms with Crippen LogP contribution < -0.4 is 4.72 Å². The van der Waals surface area contributed by atoms with Crippen molar-refractivity contribution in [3.05, 3.63) is 36.6 Å².